The molecule has 4 nitrogen and oxygen atoms in total. The van der Waals surface area contributed by atoms with Gasteiger partial charge in [-0.15, -0.1) is 0 Å². The van der Waals surface area contributed by atoms with Crippen molar-refractivity contribution >= 4 is 34.9 Å². The smallest absolute Gasteiger partial charge is 0.189 e. The molecule has 3 aromatic rings. The summed E-state index contributed by atoms with van der Waals surface area (Å²) in [5.74, 6) is -0.0435. The van der Waals surface area contributed by atoms with Crippen molar-refractivity contribution in [2.75, 3.05) is 11.6 Å². The Labute approximate surface area is 153 Å². The number of nitriles is 1. The molecule has 0 aliphatic heterocycles. The number of nitrogens with one attached hydrogen (secondary N) is 1. The summed E-state index contributed by atoms with van der Waals surface area (Å²) in [6.07, 6.45) is 1.85. The number of hydrogen-bond acceptors (Lipinski definition) is 5. The molecule has 0 aliphatic carbocycles. The minimum absolute atomic E-state index is 0.282. The summed E-state index contributed by atoms with van der Waals surface area (Å²) in [6, 6.07) is 15.2. The van der Waals surface area contributed by atoms with Crippen molar-refractivity contribution in [2.45, 2.75) is 5.16 Å². The molecule has 1 N–H and O–H groups in total. The van der Waals surface area contributed by atoms with Crippen molar-refractivity contribution in [3.8, 4) is 17.3 Å². The predicted molar refractivity (Wildman–Crippen MR) is 98.7 cm³/mol. The fourth-order valence-electron chi connectivity index (χ4n) is 2.25. The average molecular weight is 371 g/mol. The molecule has 1 heterocycles. The predicted octanol–water partition coefficient (Wildman–Crippen LogP) is 5.27. The lowest BCUT2D eigenvalue weighted by Gasteiger charge is -2.12. The van der Waals surface area contributed by atoms with Gasteiger partial charge in [-0.2, -0.15) is 5.26 Å². The molecule has 124 valence electrons. The number of rotatable bonds is 4. The Morgan fingerprint density at radius 2 is 1.92 bits per heavy atom. The summed E-state index contributed by atoms with van der Waals surface area (Å²) in [5, 5.41) is 13.7. The van der Waals surface area contributed by atoms with Gasteiger partial charge in [0.25, 0.3) is 0 Å². The van der Waals surface area contributed by atoms with Gasteiger partial charge in [0.2, 0.25) is 0 Å². The van der Waals surface area contributed by atoms with Crippen molar-refractivity contribution in [2.24, 2.45) is 0 Å². The summed E-state index contributed by atoms with van der Waals surface area (Å²) in [5.41, 5.74) is 2.03. The van der Waals surface area contributed by atoms with Crippen LogP contribution >= 0.6 is 23.4 Å². The van der Waals surface area contributed by atoms with Crippen LogP contribution in [0.4, 0.5) is 15.9 Å². The van der Waals surface area contributed by atoms with E-state index in [4.69, 9.17) is 11.6 Å². The van der Waals surface area contributed by atoms with E-state index >= 15 is 0 Å². The minimum atomic E-state index is -0.374. The molecule has 3 rings (SSSR count). The van der Waals surface area contributed by atoms with E-state index in [2.05, 4.69) is 21.4 Å². The molecule has 0 radical (unpaired) electrons. The summed E-state index contributed by atoms with van der Waals surface area (Å²) in [7, 11) is 0. The largest absolute Gasteiger partial charge is 0.339 e. The van der Waals surface area contributed by atoms with Gasteiger partial charge in [-0.05, 0) is 36.6 Å². The molecule has 0 amide bonds. The van der Waals surface area contributed by atoms with Crippen molar-refractivity contribution in [1.29, 1.82) is 5.26 Å². The minimum Gasteiger partial charge on any atom is -0.339 e. The highest BCUT2D eigenvalue weighted by Gasteiger charge is 2.16. The average Bonchev–Trinajstić information content (AvgIpc) is 2.61. The first kappa shape index (κ1) is 17.2. The maximum Gasteiger partial charge on any atom is 0.189 e. The normalized spacial score (nSPS) is 10.3. The van der Waals surface area contributed by atoms with Gasteiger partial charge in [0.1, 0.15) is 17.4 Å². The molecule has 0 fully saturated rings. The highest BCUT2D eigenvalue weighted by molar-refractivity contribution is 7.98. The zero-order valence-electron chi connectivity index (χ0n) is 13.1. The van der Waals surface area contributed by atoms with Crippen LogP contribution in [-0.2, 0) is 0 Å². The molecule has 7 heteroatoms. The molecule has 0 unspecified atom stereocenters. The van der Waals surface area contributed by atoms with Gasteiger partial charge in [0.15, 0.2) is 11.0 Å². The number of thioether (sulfide) groups is 1. The molecule has 2 aromatic carbocycles. The van der Waals surface area contributed by atoms with Crippen molar-refractivity contribution in [3.63, 3.8) is 0 Å². The Kier molecular flexibility index (Phi) is 5.17. The third-order valence-corrected chi connectivity index (χ3v) is 4.19. The molecule has 25 heavy (non-hydrogen) atoms. The highest BCUT2D eigenvalue weighted by atomic mass is 35.5. The van der Waals surface area contributed by atoms with E-state index in [-0.39, 0.29) is 11.4 Å². The van der Waals surface area contributed by atoms with Gasteiger partial charge >= 0.3 is 0 Å². The van der Waals surface area contributed by atoms with E-state index in [0.717, 1.165) is 5.56 Å². The van der Waals surface area contributed by atoms with Crippen molar-refractivity contribution < 1.29 is 4.39 Å². The summed E-state index contributed by atoms with van der Waals surface area (Å²) in [6.45, 7) is 0. The van der Waals surface area contributed by atoms with Gasteiger partial charge in [-0.1, -0.05) is 41.6 Å². The number of halogens is 2. The fraction of sp³-hybridized carbons (Fsp3) is 0.0556. The van der Waals surface area contributed by atoms with E-state index in [1.165, 1.54) is 23.9 Å². The number of anilines is 2. The Balaban J connectivity index is 2.13. The summed E-state index contributed by atoms with van der Waals surface area (Å²) < 4.78 is 13.4. The van der Waals surface area contributed by atoms with Crippen LogP contribution < -0.4 is 5.32 Å². The molecular formula is C18H12ClFN4S. The first-order valence-corrected chi connectivity index (χ1v) is 8.85. The maximum absolute atomic E-state index is 13.4. The van der Waals surface area contributed by atoms with Gasteiger partial charge in [-0.3, -0.25) is 0 Å². The Hall–Kier alpha value is -2.62. The maximum atomic E-state index is 13.4. The second-order valence-electron chi connectivity index (χ2n) is 5.04. The number of hydrogen-bond donors (Lipinski definition) is 1. The molecule has 0 aliphatic rings. The molecule has 0 spiro atoms. The molecule has 0 saturated carbocycles. The van der Waals surface area contributed by atoms with Crippen LogP contribution in [0.15, 0.2) is 53.7 Å². The second-order valence-corrected chi connectivity index (χ2v) is 6.25. The van der Waals surface area contributed by atoms with Crippen molar-refractivity contribution in [1.82, 2.24) is 9.97 Å². The molecular weight excluding hydrogens is 359 g/mol. The Morgan fingerprint density at radius 3 is 2.56 bits per heavy atom. The number of benzene rings is 2. The van der Waals surface area contributed by atoms with Crippen LogP contribution in [0, 0.1) is 17.1 Å². The van der Waals surface area contributed by atoms with Crippen LogP contribution in [0.5, 0.6) is 0 Å². The van der Waals surface area contributed by atoms with Gasteiger partial charge in [0, 0.05) is 16.3 Å². The third kappa shape index (κ3) is 3.90. The van der Waals surface area contributed by atoms with E-state index in [1.54, 1.807) is 36.4 Å². The van der Waals surface area contributed by atoms with Gasteiger partial charge in [-0.25, -0.2) is 14.4 Å². The van der Waals surface area contributed by atoms with Gasteiger partial charge < -0.3 is 5.32 Å². The second kappa shape index (κ2) is 7.51. The zero-order chi connectivity index (χ0) is 17.8. The van der Waals surface area contributed by atoms with Crippen LogP contribution in [0.1, 0.15) is 5.56 Å². The topological polar surface area (TPSA) is 61.6 Å². The standard InChI is InChI=1S/C18H12ClFN4S/c1-25-18-23-16(11-5-7-12(19)8-6-11)15(10-21)17(24-18)22-14-4-2-3-13(20)9-14/h2-9H,1H3,(H,22,23,24). The lowest BCUT2D eigenvalue weighted by molar-refractivity contribution is 0.628. The summed E-state index contributed by atoms with van der Waals surface area (Å²) in [4.78, 5) is 8.81. The van der Waals surface area contributed by atoms with Gasteiger partial charge in [0.05, 0.1) is 5.69 Å². The zero-order valence-corrected chi connectivity index (χ0v) is 14.7. The Bertz CT molecular complexity index is 954. The third-order valence-electron chi connectivity index (χ3n) is 3.39. The molecule has 0 saturated heterocycles. The van der Waals surface area contributed by atoms with Crippen LogP contribution in [-0.4, -0.2) is 16.2 Å². The SMILES string of the molecule is CSc1nc(Nc2cccc(F)c2)c(C#N)c(-c2ccc(Cl)cc2)n1. The van der Waals surface area contributed by atoms with E-state index < -0.39 is 0 Å². The van der Waals surface area contributed by atoms with Crippen LogP contribution in [0.2, 0.25) is 5.02 Å². The lowest BCUT2D eigenvalue weighted by atomic mass is 10.1. The molecule has 1 aromatic heterocycles. The van der Waals surface area contributed by atoms with Crippen molar-refractivity contribution in [3.05, 3.63) is 64.9 Å². The number of aromatic nitrogens is 2. The Morgan fingerprint density at radius 1 is 1.16 bits per heavy atom. The first-order valence-electron chi connectivity index (χ1n) is 7.25. The monoisotopic (exact) mass is 370 g/mol. The number of nitrogens with zero attached hydrogens (tertiary/aromatic N) is 3. The molecule has 0 bridgehead atoms. The van der Waals surface area contributed by atoms with E-state index in [9.17, 15) is 9.65 Å². The fourth-order valence-corrected chi connectivity index (χ4v) is 2.74. The highest BCUT2D eigenvalue weighted by Crippen LogP contribution is 2.30. The quantitative estimate of drug-likeness (QED) is 0.500. The summed E-state index contributed by atoms with van der Waals surface area (Å²) >= 11 is 7.29. The molecule has 0 atom stereocenters. The lowest BCUT2D eigenvalue weighted by Crippen LogP contribution is -2.03. The first-order chi connectivity index (χ1) is 12.1. The van der Waals surface area contributed by atoms with E-state index in [0.29, 0.717) is 27.4 Å². The van der Waals surface area contributed by atoms with Crippen LogP contribution in [0.3, 0.4) is 0 Å². The van der Waals surface area contributed by atoms with Crippen LogP contribution in [0.25, 0.3) is 11.3 Å². The van der Waals surface area contributed by atoms with E-state index in [1.807, 2.05) is 6.26 Å².